The van der Waals surface area contributed by atoms with E-state index in [1.54, 1.807) is 13.1 Å². The molecule has 1 atom stereocenters. The number of carbonyl (C=O) groups excluding carboxylic acids is 1. The van der Waals surface area contributed by atoms with Crippen molar-refractivity contribution < 1.29 is 9.32 Å². The molecule has 1 N–H and O–H groups in total. The number of aromatic nitrogens is 4. The molecule has 0 aliphatic heterocycles. The number of nitrogens with zero attached hydrogens (tertiary/aromatic N) is 4. The first-order valence-electron chi connectivity index (χ1n) is 6.27. The summed E-state index contributed by atoms with van der Waals surface area (Å²) in [5.41, 5.74) is 0. The summed E-state index contributed by atoms with van der Waals surface area (Å²) < 4.78 is 6.55. The molecule has 2 aromatic heterocycles. The van der Waals surface area contributed by atoms with Crippen LogP contribution in [0.3, 0.4) is 0 Å². The van der Waals surface area contributed by atoms with Crippen molar-refractivity contribution in [3.63, 3.8) is 0 Å². The molecule has 2 aromatic rings. The van der Waals surface area contributed by atoms with Crippen LogP contribution in [0.15, 0.2) is 16.9 Å². The molecule has 0 radical (unpaired) electrons. The second kappa shape index (κ2) is 6.04. The van der Waals surface area contributed by atoms with Crippen LogP contribution in [0.5, 0.6) is 0 Å². The summed E-state index contributed by atoms with van der Waals surface area (Å²) in [5, 5.41) is 11.0. The number of carbonyl (C=O) groups is 1. The molecular weight excluding hydrogens is 282 g/mol. The predicted molar refractivity (Wildman–Crippen MR) is 72.2 cm³/mol. The molecule has 0 saturated heterocycles. The normalized spacial score (nSPS) is 12.7. The van der Waals surface area contributed by atoms with Gasteiger partial charge in [-0.05, 0) is 6.92 Å². The highest BCUT2D eigenvalue weighted by atomic mass is 35.5. The maximum atomic E-state index is 12.0. The number of nitrogens with one attached hydrogen (secondary N) is 1. The molecule has 0 aliphatic rings. The minimum atomic E-state index is -0.459. The molecule has 1 unspecified atom stereocenters. The Labute approximate surface area is 121 Å². The number of hydrogen-bond acceptors (Lipinski definition) is 5. The van der Waals surface area contributed by atoms with Crippen LogP contribution < -0.4 is 5.32 Å². The topological polar surface area (TPSA) is 85.8 Å². The average molecular weight is 298 g/mol. The maximum absolute atomic E-state index is 12.0. The van der Waals surface area contributed by atoms with Crippen LogP contribution in [0.2, 0.25) is 5.02 Å². The highest BCUT2D eigenvalue weighted by Gasteiger charge is 2.17. The first-order valence-corrected chi connectivity index (χ1v) is 6.65. The van der Waals surface area contributed by atoms with E-state index in [9.17, 15) is 4.79 Å². The minimum Gasteiger partial charge on any atom is -0.347 e. The summed E-state index contributed by atoms with van der Waals surface area (Å²) in [6, 6.07) is -0.459. The van der Waals surface area contributed by atoms with Crippen LogP contribution in [0.1, 0.15) is 44.4 Å². The molecule has 0 aromatic carbocycles. The van der Waals surface area contributed by atoms with Gasteiger partial charge in [-0.15, -0.1) is 0 Å². The van der Waals surface area contributed by atoms with Gasteiger partial charge in [-0.2, -0.15) is 10.1 Å². The number of halogens is 1. The zero-order chi connectivity index (χ0) is 14.7. The zero-order valence-electron chi connectivity index (χ0n) is 11.5. The van der Waals surface area contributed by atoms with E-state index in [0.29, 0.717) is 16.7 Å². The molecule has 2 rings (SSSR count). The van der Waals surface area contributed by atoms with Gasteiger partial charge in [0.1, 0.15) is 6.04 Å². The molecule has 108 valence electrons. The number of hydrogen-bond donors (Lipinski definition) is 1. The summed E-state index contributed by atoms with van der Waals surface area (Å²) in [5.74, 6) is 0.978. The van der Waals surface area contributed by atoms with Crippen molar-refractivity contribution in [2.45, 2.75) is 39.3 Å². The molecule has 0 bridgehead atoms. The van der Waals surface area contributed by atoms with Crippen molar-refractivity contribution in [3.05, 3.63) is 29.1 Å². The Morgan fingerprint density at radius 1 is 1.50 bits per heavy atom. The zero-order valence-corrected chi connectivity index (χ0v) is 12.3. The third-order valence-corrected chi connectivity index (χ3v) is 2.94. The van der Waals surface area contributed by atoms with Crippen LogP contribution in [-0.4, -0.2) is 25.8 Å². The molecule has 0 aliphatic carbocycles. The van der Waals surface area contributed by atoms with E-state index in [1.807, 2.05) is 13.8 Å². The van der Waals surface area contributed by atoms with Crippen LogP contribution >= 0.6 is 11.6 Å². The second-order valence-corrected chi connectivity index (χ2v) is 5.17. The van der Waals surface area contributed by atoms with Crippen molar-refractivity contribution in [1.29, 1.82) is 0 Å². The van der Waals surface area contributed by atoms with Crippen molar-refractivity contribution >= 4 is 17.5 Å². The summed E-state index contributed by atoms with van der Waals surface area (Å²) in [6.07, 6.45) is 3.08. The fourth-order valence-corrected chi connectivity index (χ4v) is 1.68. The average Bonchev–Trinajstić information content (AvgIpc) is 3.03. The Bertz CT molecular complexity index is 592. The van der Waals surface area contributed by atoms with Crippen LogP contribution in [0.4, 0.5) is 0 Å². The molecule has 8 heteroatoms. The summed E-state index contributed by atoms with van der Waals surface area (Å²) in [7, 11) is 0. The second-order valence-electron chi connectivity index (χ2n) is 4.74. The molecular formula is C12H16ClN5O2. The Hall–Kier alpha value is -1.89. The van der Waals surface area contributed by atoms with Gasteiger partial charge < -0.3 is 9.84 Å². The Morgan fingerprint density at radius 2 is 2.25 bits per heavy atom. The molecule has 2 heterocycles. The molecule has 0 fully saturated rings. The van der Waals surface area contributed by atoms with Gasteiger partial charge >= 0.3 is 0 Å². The molecule has 1 amide bonds. The van der Waals surface area contributed by atoms with Gasteiger partial charge in [-0.3, -0.25) is 9.48 Å². The first-order chi connectivity index (χ1) is 9.47. The van der Waals surface area contributed by atoms with Gasteiger partial charge in [0.05, 0.1) is 17.8 Å². The smallest absolute Gasteiger partial charge is 0.244 e. The van der Waals surface area contributed by atoms with Crippen molar-refractivity contribution in [3.8, 4) is 0 Å². The third kappa shape index (κ3) is 3.36. The van der Waals surface area contributed by atoms with Gasteiger partial charge in [0.2, 0.25) is 11.8 Å². The molecule has 0 saturated carbocycles. The van der Waals surface area contributed by atoms with Gasteiger partial charge in [0.15, 0.2) is 5.82 Å². The van der Waals surface area contributed by atoms with E-state index < -0.39 is 6.04 Å². The highest BCUT2D eigenvalue weighted by molar-refractivity contribution is 6.30. The minimum absolute atomic E-state index is 0.164. The van der Waals surface area contributed by atoms with Gasteiger partial charge in [0.25, 0.3) is 0 Å². The lowest BCUT2D eigenvalue weighted by Gasteiger charge is -2.11. The summed E-state index contributed by atoms with van der Waals surface area (Å²) in [4.78, 5) is 16.1. The number of amides is 1. The van der Waals surface area contributed by atoms with E-state index in [2.05, 4.69) is 20.6 Å². The fourth-order valence-electron chi connectivity index (χ4n) is 1.53. The van der Waals surface area contributed by atoms with E-state index in [-0.39, 0.29) is 18.4 Å². The SMILES string of the molecule is CC(C)c1nc(CNC(=O)C(C)n2cc(Cl)cn2)no1. The van der Waals surface area contributed by atoms with Crippen molar-refractivity contribution in [2.75, 3.05) is 0 Å². The predicted octanol–water partition coefficient (Wildman–Crippen LogP) is 1.92. The fraction of sp³-hybridized carbons (Fsp3) is 0.500. The Morgan fingerprint density at radius 3 is 2.80 bits per heavy atom. The quantitative estimate of drug-likeness (QED) is 0.911. The van der Waals surface area contributed by atoms with Gasteiger partial charge in [0, 0.05) is 12.1 Å². The van der Waals surface area contributed by atoms with Crippen LogP contribution in [0, 0.1) is 0 Å². The summed E-state index contributed by atoms with van der Waals surface area (Å²) in [6.45, 7) is 5.86. The Balaban J connectivity index is 1.91. The lowest BCUT2D eigenvalue weighted by Crippen LogP contribution is -2.31. The summed E-state index contributed by atoms with van der Waals surface area (Å²) >= 11 is 5.77. The van der Waals surface area contributed by atoms with E-state index in [0.717, 1.165) is 0 Å². The maximum Gasteiger partial charge on any atom is 0.244 e. The molecule has 0 spiro atoms. The van der Waals surface area contributed by atoms with E-state index in [1.165, 1.54) is 10.9 Å². The van der Waals surface area contributed by atoms with E-state index in [4.69, 9.17) is 16.1 Å². The Kier molecular flexibility index (Phi) is 4.39. The van der Waals surface area contributed by atoms with E-state index >= 15 is 0 Å². The van der Waals surface area contributed by atoms with Crippen molar-refractivity contribution in [1.82, 2.24) is 25.2 Å². The molecule has 7 nitrogen and oxygen atoms in total. The molecule has 20 heavy (non-hydrogen) atoms. The standard InChI is InChI=1S/C12H16ClN5O2/c1-7(2)12-16-10(17-20-12)5-14-11(19)8(3)18-6-9(13)4-15-18/h4,6-8H,5H2,1-3H3,(H,14,19). The van der Waals surface area contributed by atoms with Crippen molar-refractivity contribution in [2.24, 2.45) is 0 Å². The largest absolute Gasteiger partial charge is 0.347 e. The first kappa shape index (κ1) is 14.5. The van der Waals surface area contributed by atoms with Gasteiger partial charge in [-0.1, -0.05) is 30.6 Å². The monoisotopic (exact) mass is 297 g/mol. The van der Waals surface area contributed by atoms with Crippen LogP contribution in [-0.2, 0) is 11.3 Å². The third-order valence-electron chi connectivity index (χ3n) is 2.74. The van der Waals surface area contributed by atoms with Gasteiger partial charge in [-0.25, -0.2) is 0 Å². The highest BCUT2D eigenvalue weighted by Crippen LogP contribution is 2.12. The van der Waals surface area contributed by atoms with Crippen LogP contribution in [0.25, 0.3) is 0 Å². The number of rotatable bonds is 5. The lowest BCUT2D eigenvalue weighted by molar-refractivity contribution is -0.124. The lowest BCUT2D eigenvalue weighted by atomic mass is 10.2.